The van der Waals surface area contributed by atoms with Crippen LogP contribution >= 0.6 is 0 Å². The summed E-state index contributed by atoms with van der Waals surface area (Å²) >= 11 is 0. The zero-order chi connectivity index (χ0) is 21.4. The Morgan fingerprint density at radius 3 is 2.90 bits per heavy atom. The van der Waals surface area contributed by atoms with E-state index < -0.39 is 5.41 Å². The topological polar surface area (TPSA) is 50.6 Å². The van der Waals surface area contributed by atoms with Crippen molar-refractivity contribution in [1.29, 1.82) is 0 Å². The zero-order valence-electron chi connectivity index (χ0n) is 17.5. The summed E-state index contributed by atoms with van der Waals surface area (Å²) < 4.78 is 20.4. The minimum absolute atomic E-state index is 0.170. The highest BCUT2D eigenvalue weighted by Crippen LogP contribution is 2.47. The Balaban J connectivity index is 1.35. The van der Waals surface area contributed by atoms with Gasteiger partial charge in [0.2, 0.25) is 5.91 Å². The first-order chi connectivity index (χ1) is 15.1. The number of aromatic nitrogens is 2. The molecular weight excluding hydrogens is 395 g/mol. The van der Waals surface area contributed by atoms with Gasteiger partial charge in [0.05, 0.1) is 23.9 Å². The Kier molecular flexibility index (Phi) is 5.08. The van der Waals surface area contributed by atoms with E-state index in [-0.39, 0.29) is 11.7 Å². The number of rotatable bonds is 6. The molecule has 3 aromatic rings. The number of para-hydroxylation sites is 1. The van der Waals surface area contributed by atoms with Crippen molar-refractivity contribution in [3.05, 3.63) is 77.9 Å². The van der Waals surface area contributed by atoms with Crippen molar-refractivity contribution >= 4 is 11.6 Å². The largest absolute Gasteiger partial charge is 0.383 e. The van der Waals surface area contributed by atoms with Crippen molar-refractivity contribution in [1.82, 2.24) is 14.7 Å². The number of ether oxygens (including phenoxy) is 1. The van der Waals surface area contributed by atoms with E-state index in [1.54, 1.807) is 17.9 Å². The number of anilines is 1. The standard InChI is InChI=1S/C24H25FN4O2/c1-31-12-11-28-22-8-3-2-7-21(22)24(23(28)30)9-10-27(17-24)15-18-14-26-29(16-18)20-6-4-5-19(25)13-20/h2-8,13-14,16H,9-12,15,17H2,1H3. The third-order valence-corrected chi connectivity index (χ3v) is 6.35. The number of hydrogen-bond donors (Lipinski definition) is 0. The Bertz CT molecular complexity index is 1110. The highest BCUT2D eigenvalue weighted by Gasteiger charge is 2.53. The Morgan fingerprint density at radius 2 is 2.06 bits per heavy atom. The number of carbonyl (C=O) groups is 1. The summed E-state index contributed by atoms with van der Waals surface area (Å²) in [5, 5.41) is 4.39. The third-order valence-electron chi connectivity index (χ3n) is 6.35. The van der Waals surface area contributed by atoms with Gasteiger partial charge in [-0.2, -0.15) is 5.10 Å². The molecule has 0 aliphatic carbocycles. The maximum absolute atomic E-state index is 13.5. The van der Waals surface area contributed by atoms with Gasteiger partial charge in [0, 0.05) is 44.2 Å². The van der Waals surface area contributed by atoms with E-state index in [1.807, 2.05) is 41.6 Å². The molecule has 6 nitrogen and oxygen atoms in total. The smallest absolute Gasteiger partial charge is 0.239 e. The molecule has 1 amide bonds. The van der Waals surface area contributed by atoms with Crippen LogP contribution in [0, 0.1) is 5.82 Å². The lowest BCUT2D eigenvalue weighted by atomic mass is 9.81. The van der Waals surface area contributed by atoms with Crippen LogP contribution in [-0.2, 0) is 21.5 Å². The van der Waals surface area contributed by atoms with Crippen molar-refractivity contribution < 1.29 is 13.9 Å². The van der Waals surface area contributed by atoms with Crippen molar-refractivity contribution in [3.8, 4) is 5.69 Å². The van der Waals surface area contributed by atoms with Gasteiger partial charge in [-0.25, -0.2) is 9.07 Å². The lowest BCUT2D eigenvalue weighted by molar-refractivity contribution is -0.123. The number of nitrogens with zero attached hydrogens (tertiary/aromatic N) is 4. The number of fused-ring (bicyclic) bond motifs is 2. The summed E-state index contributed by atoms with van der Waals surface area (Å²) in [5.74, 6) is -0.115. The predicted octanol–water partition coefficient (Wildman–Crippen LogP) is 3.15. The summed E-state index contributed by atoms with van der Waals surface area (Å²) in [5.41, 5.74) is 3.36. The fourth-order valence-corrected chi connectivity index (χ4v) is 4.88. The molecule has 0 N–H and O–H groups in total. The van der Waals surface area contributed by atoms with E-state index in [1.165, 1.54) is 12.1 Å². The van der Waals surface area contributed by atoms with E-state index in [0.717, 1.165) is 29.8 Å². The average Bonchev–Trinajstić information content (AvgIpc) is 3.47. The minimum atomic E-state index is -0.497. The fourth-order valence-electron chi connectivity index (χ4n) is 4.88. The molecule has 7 heteroatoms. The second-order valence-corrected chi connectivity index (χ2v) is 8.28. The summed E-state index contributed by atoms with van der Waals surface area (Å²) in [6.45, 7) is 3.29. The zero-order valence-corrected chi connectivity index (χ0v) is 17.5. The van der Waals surface area contributed by atoms with Crippen LogP contribution in [0.2, 0.25) is 0 Å². The molecule has 5 rings (SSSR count). The highest BCUT2D eigenvalue weighted by molar-refractivity contribution is 6.08. The minimum Gasteiger partial charge on any atom is -0.383 e. The van der Waals surface area contributed by atoms with Crippen molar-refractivity contribution in [2.45, 2.75) is 18.4 Å². The van der Waals surface area contributed by atoms with E-state index in [9.17, 15) is 9.18 Å². The molecule has 31 heavy (non-hydrogen) atoms. The monoisotopic (exact) mass is 420 g/mol. The molecule has 0 bridgehead atoms. The van der Waals surface area contributed by atoms with Crippen LogP contribution in [0.1, 0.15) is 17.5 Å². The van der Waals surface area contributed by atoms with Crippen LogP contribution in [0.3, 0.4) is 0 Å². The number of likely N-dealkylation sites (tertiary alicyclic amines) is 1. The normalized spacial score (nSPS) is 20.7. The molecule has 0 saturated carbocycles. The van der Waals surface area contributed by atoms with Crippen molar-refractivity contribution in [3.63, 3.8) is 0 Å². The van der Waals surface area contributed by atoms with Gasteiger partial charge in [-0.3, -0.25) is 9.69 Å². The van der Waals surface area contributed by atoms with Crippen LogP contribution in [-0.4, -0.2) is 53.9 Å². The fraction of sp³-hybridized carbons (Fsp3) is 0.333. The molecule has 1 aromatic heterocycles. The number of hydrogen-bond acceptors (Lipinski definition) is 4. The second-order valence-electron chi connectivity index (χ2n) is 8.28. The van der Waals surface area contributed by atoms with Gasteiger partial charge in [0.25, 0.3) is 0 Å². The van der Waals surface area contributed by atoms with E-state index in [0.29, 0.717) is 31.9 Å². The van der Waals surface area contributed by atoms with Crippen molar-refractivity contribution in [2.75, 3.05) is 38.3 Å². The summed E-state index contributed by atoms with van der Waals surface area (Å²) in [6.07, 6.45) is 4.53. The molecule has 1 atom stereocenters. The van der Waals surface area contributed by atoms with Gasteiger partial charge in [-0.1, -0.05) is 24.3 Å². The number of halogens is 1. The highest BCUT2D eigenvalue weighted by atomic mass is 19.1. The van der Waals surface area contributed by atoms with E-state index in [4.69, 9.17) is 4.74 Å². The van der Waals surface area contributed by atoms with Crippen LogP contribution in [0.4, 0.5) is 10.1 Å². The molecule has 1 saturated heterocycles. The Hall–Kier alpha value is -3.03. The first-order valence-corrected chi connectivity index (χ1v) is 10.5. The van der Waals surface area contributed by atoms with Gasteiger partial charge in [-0.15, -0.1) is 0 Å². The molecule has 1 unspecified atom stereocenters. The van der Waals surface area contributed by atoms with Gasteiger partial charge < -0.3 is 9.64 Å². The Labute approximate surface area is 180 Å². The third kappa shape index (κ3) is 3.43. The summed E-state index contributed by atoms with van der Waals surface area (Å²) in [7, 11) is 1.66. The first kappa shape index (κ1) is 19.9. The van der Waals surface area contributed by atoms with Crippen LogP contribution in [0.5, 0.6) is 0 Å². The molecular formula is C24H25FN4O2. The van der Waals surface area contributed by atoms with Gasteiger partial charge in [0.15, 0.2) is 0 Å². The number of methoxy groups -OCH3 is 1. The van der Waals surface area contributed by atoms with Crippen LogP contribution < -0.4 is 4.90 Å². The van der Waals surface area contributed by atoms with Gasteiger partial charge >= 0.3 is 0 Å². The van der Waals surface area contributed by atoms with Gasteiger partial charge in [0.1, 0.15) is 5.82 Å². The molecule has 2 aliphatic heterocycles. The summed E-state index contributed by atoms with van der Waals surface area (Å²) in [4.78, 5) is 17.7. The van der Waals surface area contributed by atoms with E-state index >= 15 is 0 Å². The molecule has 160 valence electrons. The van der Waals surface area contributed by atoms with Crippen LogP contribution in [0.25, 0.3) is 5.69 Å². The molecule has 1 fully saturated rings. The number of amides is 1. The lowest BCUT2D eigenvalue weighted by Gasteiger charge is -2.24. The molecule has 1 spiro atoms. The molecule has 2 aromatic carbocycles. The predicted molar refractivity (Wildman–Crippen MR) is 116 cm³/mol. The summed E-state index contributed by atoms with van der Waals surface area (Å²) in [6, 6.07) is 14.5. The molecule has 3 heterocycles. The molecule has 0 radical (unpaired) electrons. The first-order valence-electron chi connectivity index (χ1n) is 10.5. The maximum Gasteiger partial charge on any atom is 0.239 e. The lowest BCUT2D eigenvalue weighted by Crippen LogP contribution is -2.43. The van der Waals surface area contributed by atoms with Crippen molar-refractivity contribution in [2.24, 2.45) is 0 Å². The molecule has 2 aliphatic rings. The number of benzene rings is 2. The van der Waals surface area contributed by atoms with Gasteiger partial charge in [-0.05, 0) is 42.8 Å². The quantitative estimate of drug-likeness (QED) is 0.615. The second kappa shape index (κ2) is 7.90. The SMILES string of the molecule is COCCN1C(=O)C2(CCN(Cc3cnn(-c4cccc(F)c4)c3)C2)c2ccccc21. The van der Waals surface area contributed by atoms with Crippen LogP contribution in [0.15, 0.2) is 60.9 Å². The number of carbonyl (C=O) groups excluding carboxylic acids is 1. The maximum atomic E-state index is 13.5. The average molecular weight is 420 g/mol. The van der Waals surface area contributed by atoms with E-state index in [2.05, 4.69) is 16.1 Å². The Morgan fingerprint density at radius 1 is 1.19 bits per heavy atom.